The van der Waals surface area contributed by atoms with E-state index in [0.717, 1.165) is 13.3 Å². The van der Waals surface area contributed by atoms with Gasteiger partial charge in [0, 0.05) is 17.7 Å². The molecule has 0 aliphatic carbocycles. The normalized spacial score (nSPS) is 8.33. The minimum atomic E-state index is -0.927. The summed E-state index contributed by atoms with van der Waals surface area (Å²) >= 11 is 0. The van der Waals surface area contributed by atoms with E-state index in [1.54, 1.807) is 6.07 Å². The molecule has 0 aliphatic heterocycles. The van der Waals surface area contributed by atoms with Gasteiger partial charge >= 0.3 is 5.97 Å². The quantitative estimate of drug-likeness (QED) is 0.387. The Labute approximate surface area is 85.3 Å². The number of pyridine rings is 1. The number of halogens is 1. The predicted octanol–water partition coefficient (Wildman–Crippen LogP) is 0.882. The molecule has 0 aliphatic rings. The molecule has 0 unspecified atom stereocenters. The maximum Gasteiger partial charge on any atom is 0.342 e. The summed E-state index contributed by atoms with van der Waals surface area (Å²) in [5.41, 5.74) is -0.0272. The van der Waals surface area contributed by atoms with E-state index >= 15 is 0 Å². The fourth-order valence-corrected chi connectivity index (χ4v) is 0.870. The lowest BCUT2D eigenvalue weighted by Crippen LogP contribution is -2.06. The summed E-state index contributed by atoms with van der Waals surface area (Å²) in [6.45, 7) is 0. The van der Waals surface area contributed by atoms with Crippen molar-refractivity contribution in [1.82, 2.24) is 4.98 Å². The topological polar surface area (TPSA) is 63.0 Å². The Bertz CT molecular complexity index is 494. The van der Waals surface area contributed by atoms with Crippen LogP contribution < -0.4 is 0 Å². The first kappa shape index (κ1) is 10.7. The predicted molar refractivity (Wildman–Crippen MR) is 48.0 cm³/mol. The summed E-state index contributed by atoms with van der Waals surface area (Å²) in [5, 5.41) is 8.20. The van der Waals surface area contributed by atoms with E-state index in [-0.39, 0.29) is 11.1 Å². The third-order valence-corrected chi connectivity index (χ3v) is 1.51. The van der Waals surface area contributed by atoms with Gasteiger partial charge < -0.3 is 4.74 Å². The molecule has 0 saturated carbocycles. The lowest BCUT2D eigenvalue weighted by molar-refractivity contribution is 0.0594. The van der Waals surface area contributed by atoms with Crippen LogP contribution in [0.1, 0.15) is 15.9 Å². The smallest absolute Gasteiger partial charge is 0.342 e. The number of hydrogen-bond donors (Lipinski definition) is 0. The van der Waals surface area contributed by atoms with E-state index in [9.17, 15) is 9.18 Å². The molecule has 0 fully saturated rings. The van der Waals surface area contributed by atoms with Gasteiger partial charge in [-0.3, -0.25) is 0 Å². The molecule has 0 bridgehead atoms. The van der Waals surface area contributed by atoms with Crippen LogP contribution in [0.5, 0.6) is 0 Å². The van der Waals surface area contributed by atoms with Crippen molar-refractivity contribution in [1.29, 1.82) is 5.26 Å². The average molecular weight is 204 g/mol. The van der Waals surface area contributed by atoms with Crippen molar-refractivity contribution in [3.8, 4) is 17.9 Å². The Hall–Kier alpha value is -2.40. The number of carbonyl (C=O) groups is 1. The number of aromatic nitrogens is 1. The van der Waals surface area contributed by atoms with Gasteiger partial charge in [0.2, 0.25) is 5.95 Å². The molecular weight excluding hydrogens is 199 g/mol. The minimum absolute atomic E-state index is 0.276. The van der Waals surface area contributed by atoms with E-state index < -0.39 is 11.9 Å². The highest BCUT2D eigenvalue weighted by Crippen LogP contribution is 2.08. The molecule has 1 rings (SSSR count). The molecule has 1 heterocycles. The van der Waals surface area contributed by atoms with Crippen molar-refractivity contribution in [2.24, 2.45) is 0 Å². The number of methoxy groups -OCH3 is 1. The van der Waals surface area contributed by atoms with Gasteiger partial charge in [0.15, 0.2) is 6.07 Å². The molecule has 0 amide bonds. The highest BCUT2D eigenvalue weighted by Gasteiger charge is 2.13. The summed E-state index contributed by atoms with van der Waals surface area (Å²) in [6.07, 6.45) is 1.13. The van der Waals surface area contributed by atoms with Gasteiger partial charge in [-0.1, -0.05) is 0 Å². The summed E-state index contributed by atoms with van der Waals surface area (Å²) in [6, 6.07) is 2.77. The molecule has 5 heteroatoms. The third-order valence-electron chi connectivity index (χ3n) is 1.51. The largest absolute Gasteiger partial charge is 0.465 e. The van der Waals surface area contributed by atoms with E-state index in [1.807, 2.05) is 0 Å². The monoisotopic (exact) mass is 204 g/mol. The zero-order valence-electron chi connectivity index (χ0n) is 7.74. The lowest BCUT2D eigenvalue weighted by atomic mass is 10.2. The lowest BCUT2D eigenvalue weighted by Gasteiger charge is -1.99. The number of ether oxygens (including phenoxy) is 1. The SMILES string of the molecule is COC(=O)c1cc(C#CC#N)cnc1F. The summed E-state index contributed by atoms with van der Waals surface area (Å²) in [7, 11) is 1.13. The number of esters is 1. The van der Waals surface area contributed by atoms with Crippen LogP contribution in [0.25, 0.3) is 0 Å². The maximum absolute atomic E-state index is 13.0. The van der Waals surface area contributed by atoms with E-state index in [0.29, 0.717) is 0 Å². The van der Waals surface area contributed by atoms with Gasteiger partial charge in [0.25, 0.3) is 0 Å². The Morgan fingerprint density at radius 2 is 2.40 bits per heavy atom. The second-order valence-electron chi connectivity index (χ2n) is 2.42. The van der Waals surface area contributed by atoms with Crippen molar-refractivity contribution in [3.63, 3.8) is 0 Å². The second-order valence-corrected chi connectivity index (χ2v) is 2.42. The number of nitrogens with zero attached hydrogens (tertiary/aromatic N) is 2. The van der Waals surface area contributed by atoms with Crippen LogP contribution in [0, 0.1) is 29.1 Å². The number of rotatable bonds is 1. The Morgan fingerprint density at radius 1 is 1.67 bits per heavy atom. The molecule has 74 valence electrons. The fourth-order valence-electron chi connectivity index (χ4n) is 0.870. The molecule has 4 nitrogen and oxygen atoms in total. The Kier molecular flexibility index (Phi) is 3.37. The van der Waals surface area contributed by atoms with Crippen molar-refractivity contribution in [2.75, 3.05) is 7.11 Å². The average Bonchev–Trinajstić information content (AvgIpc) is 2.27. The number of carbonyl (C=O) groups excluding carboxylic acids is 1. The van der Waals surface area contributed by atoms with Gasteiger partial charge in [-0.15, -0.1) is 0 Å². The second kappa shape index (κ2) is 4.73. The van der Waals surface area contributed by atoms with Gasteiger partial charge in [0.1, 0.15) is 5.56 Å². The van der Waals surface area contributed by atoms with Crippen LogP contribution in [-0.4, -0.2) is 18.1 Å². The van der Waals surface area contributed by atoms with Crippen molar-refractivity contribution in [3.05, 3.63) is 29.3 Å². The van der Waals surface area contributed by atoms with Crippen LogP contribution >= 0.6 is 0 Å². The minimum Gasteiger partial charge on any atom is -0.465 e. The molecule has 0 spiro atoms. The first-order chi connectivity index (χ1) is 7.19. The van der Waals surface area contributed by atoms with Crippen LogP contribution in [0.2, 0.25) is 0 Å². The Morgan fingerprint density at radius 3 is 3.00 bits per heavy atom. The third kappa shape index (κ3) is 2.52. The van der Waals surface area contributed by atoms with E-state index in [4.69, 9.17) is 5.26 Å². The highest BCUT2D eigenvalue weighted by atomic mass is 19.1. The zero-order chi connectivity index (χ0) is 11.3. The zero-order valence-corrected chi connectivity index (χ0v) is 7.74. The molecule has 0 atom stereocenters. The first-order valence-electron chi connectivity index (χ1n) is 3.83. The van der Waals surface area contributed by atoms with Gasteiger partial charge in [-0.05, 0) is 12.0 Å². The number of nitriles is 1. The first-order valence-corrected chi connectivity index (χ1v) is 3.83. The summed E-state index contributed by atoms with van der Waals surface area (Å²) in [4.78, 5) is 14.4. The molecule has 0 saturated heterocycles. The van der Waals surface area contributed by atoms with Crippen molar-refractivity contribution in [2.45, 2.75) is 0 Å². The number of hydrogen-bond acceptors (Lipinski definition) is 4. The summed E-state index contributed by atoms with van der Waals surface area (Å²) < 4.78 is 17.3. The van der Waals surface area contributed by atoms with Gasteiger partial charge in [-0.2, -0.15) is 9.65 Å². The molecule has 0 N–H and O–H groups in total. The maximum atomic E-state index is 13.0. The summed E-state index contributed by atoms with van der Waals surface area (Å²) in [5.74, 6) is 2.74. The molecule has 15 heavy (non-hydrogen) atoms. The molecule has 0 radical (unpaired) electrons. The van der Waals surface area contributed by atoms with Crippen molar-refractivity contribution < 1.29 is 13.9 Å². The molecule has 1 aromatic rings. The van der Waals surface area contributed by atoms with E-state index in [1.165, 1.54) is 6.07 Å². The van der Waals surface area contributed by atoms with Crippen LogP contribution in [0.15, 0.2) is 12.3 Å². The Balaban J connectivity index is 3.18. The van der Waals surface area contributed by atoms with Crippen molar-refractivity contribution >= 4 is 5.97 Å². The molecule has 0 aromatic carbocycles. The van der Waals surface area contributed by atoms with Crippen LogP contribution in [0.4, 0.5) is 4.39 Å². The standard InChI is InChI=1S/C10H5FN2O2/c1-15-10(14)8-5-7(3-2-4-12)6-13-9(8)11/h5-6H,1H3. The van der Waals surface area contributed by atoms with Crippen LogP contribution in [-0.2, 0) is 4.74 Å². The van der Waals surface area contributed by atoms with Gasteiger partial charge in [0.05, 0.1) is 7.11 Å². The molecular formula is C10H5FN2O2. The van der Waals surface area contributed by atoms with Gasteiger partial charge in [-0.25, -0.2) is 9.78 Å². The highest BCUT2D eigenvalue weighted by molar-refractivity contribution is 5.89. The molecule has 1 aromatic heterocycles. The fraction of sp³-hybridized carbons (Fsp3) is 0.100. The van der Waals surface area contributed by atoms with Crippen LogP contribution in [0.3, 0.4) is 0 Å². The van der Waals surface area contributed by atoms with E-state index in [2.05, 4.69) is 21.6 Å².